The maximum atomic E-state index is 13.7. The number of nitrogens with one attached hydrogen (secondary N) is 1. The summed E-state index contributed by atoms with van der Waals surface area (Å²) in [5.74, 6) is -0.890. The van der Waals surface area contributed by atoms with E-state index in [0.717, 1.165) is 52.3 Å². The van der Waals surface area contributed by atoms with Crippen molar-refractivity contribution in [2.75, 3.05) is 0 Å². The van der Waals surface area contributed by atoms with E-state index in [9.17, 15) is 14.7 Å². The second-order valence-corrected chi connectivity index (χ2v) is 8.91. The van der Waals surface area contributed by atoms with Gasteiger partial charge >= 0.3 is 5.97 Å². The van der Waals surface area contributed by atoms with Gasteiger partial charge in [-0.25, -0.2) is 4.98 Å². The van der Waals surface area contributed by atoms with Gasteiger partial charge in [0.2, 0.25) is 0 Å². The van der Waals surface area contributed by atoms with Gasteiger partial charge in [-0.2, -0.15) is 0 Å². The molecule has 160 valence electrons. The summed E-state index contributed by atoms with van der Waals surface area (Å²) in [7, 11) is 0. The predicted molar refractivity (Wildman–Crippen MR) is 125 cm³/mol. The standard InChI is InChI=1S/C24H25N3O3S/c1-4-5-13-19(23(29)30)31-24-26-20-16-10-6-7-11-17(16)25-21(20)22(28)27(24)18-12-8-9-14(2)15(18)3/h6-12,19,25H,4-5,13H2,1-3H3,(H,29,30). The van der Waals surface area contributed by atoms with Crippen molar-refractivity contribution in [1.82, 2.24) is 14.5 Å². The lowest BCUT2D eigenvalue weighted by atomic mass is 10.1. The Balaban J connectivity index is 2.01. The number of aryl methyl sites for hydroxylation is 1. The Kier molecular flexibility index (Phi) is 5.87. The van der Waals surface area contributed by atoms with Crippen molar-refractivity contribution in [3.8, 4) is 5.69 Å². The van der Waals surface area contributed by atoms with Crippen LogP contribution in [0.4, 0.5) is 0 Å². The van der Waals surface area contributed by atoms with Gasteiger partial charge in [-0.3, -0.25) is 14.2 Å². The number of carboxylic acid groups (broad SMARTS) is 1. The molecule has 31 heavy (non-hydrogen) atoms. The highest BCUT2D eigenvalue weighted by molar-refractivity contribution is 8.00. The first-order valence-electron chi connectivity index (χ1n) is 10.4. The molecular weight excluding hydrogens is 410 g/mol. The van der Waals surface area contributed by atoms with E-state index in [4.69, 9.17) is 4.98 Å². The molecule has 2 N–H and O–H groups in total. The van der Waals surface area contributed by atoms with Crippen molar-refractivity contribution in [3.05, 3.63) is 63.9 Å². The molecule has 6 nitrogen and oxygen atoms in total. The largest absolute Gasteiger partial charge is 0.480 e. The molecule has 4 rings (SSSR count). The normalized spacial score (nSPS) is 12.5. The van der Waals surface area contributed by atoms with Gasteiger partial charge in [0, 0.05) is 10.9 Å². The second kappa shape index (κ2) is 8.59. The second-order valence-electron chi connectivity index (χ2n) is 7.74. The minimum atomic E-state index is -0.890. The summed E-state index contributed by atoms with van der Waals surface area (Å²) in [6.07, 6.45) is 2.22. The fourth-order valence-corrected chi connectivity index (χ4v) is 4.83. The number of aromatic amines is 1. The summed E-state index contributed by atoms with van der Waals surface area (Å²) >= 11 is 1.15. The average Bonchev–Trinajstić information content (AvgIpc) is 3.12. The number of unbranched alkanes of at least 4 members (excludes halogenated alkanes) is 1. The Hall–Kier alpha value is -3.06. The molecule has 0 spiro atoms. The molecule has 2 aromatic heterocycles. The molecular formula is C24H25N3O3S. The van der Waals surface area contributed by atoms with Crippen LogP contribution in [-0.4, -0.2) is 30.9 Å². The van der Waals surface area contributed by atoms with Gasteiger partial charge in [-0.15, -0.1) is 0 Å². The van der Waals surface area contributed by atoms with Crippen LogP contribution >= 0.6 is 11.8 Å². The van der Waals surface area contributed by atoms with E-state index in [-0.39, 0.29) is 5.56 Å². The highest BCUT2D eigenvalue weighted by Gasteiger charge is 2.24. The Morgan fingerprint density at radius 3 is 2.71 bits per heavy atom. The maximum absolute atomic E-state index is 13.7. The number of H-pyrrole nitrogens is 1. The van der Waals surface area contributed by atoms with Gasteiger partial charge < -0.3 is 10.1 Å². The van der Waals surface area contributed by atoms with Crippen LogP contribution in [0.1, 0.15) is 37.3 Å². The Morgan fingerprint density at radius 1 is 1.19 bits per heavy atom. The molecule has 0 radical (unpaired) electrons. The van der Waals surface area contributed by atoms with E-state index in [2.05, 4.69) is 4.98 Å². The topological polar surface area (TPSA) is 88.0 Å². The summed E-state index contributed by atoms with van der Waals surface area (Å²) in [6, 6.07) is 13.4. The minimum Gasteiger partial charge on any atom is -0.480 e. The molecule has 1 atom stereocenters. The lowest BCUT2D eigenvalue weighted by Crippen LogP contribution is -2.25. The Bertz CT molecular complexity index is 1340. The van der Waals surface area contributed by atoms with Gasteiger partial charge in [-0.1, -0.05) is 61.9 Å². The van der Waals surface area contributed by atoms with Crippen LogP contribution < -0.4 is 5.56 Å². The van der Waals surface area contributed by atoms with E-state index < -0.39 is 11.2 Å². The van der Waals surface area contributed by atoms with Crippen molar-refractivity contribution < 1.29 is 9.90 Å². The highest BCUT2D eigenvalue weighted by atomic mass is 32.2. The first-order chi connectivity index (χ1) is 14.9. The lowest BCUT2D eigenvalue weighted by molar-refractivity contribution is -0.136. The molecule has 1 unspecified atom stereocenters. The van der Waals surface area contributed by atoms with Gasteiger partial charge in [0.25, 0.3) is 5.56 Å². The zero-order chi connectivity index (χ0) is 22.1. The van der Waals surface area contributed by atoms with Gasteiger partial charge in [-0.05, 0) is 43.5 Å². The molecule has 4 aromatic rings. The van der Waals surface area contributed by atoms with E-state index in [1.807, 2.05) is 63.2 Å². The third kappa shape index (κ3) is 3.85. The number of para-hydroxylation sites is 1. The first-order valence-corrected chi connectivity index (χ1v) is 11.3. The summed E-state index contributed by atoms with van der Waals surface area (Å²) < 4.78 is 1.56. The van der Waals surface area contributed by atoms with Crippen LogP contribution in [0.25, 0.3) is 27.6 Å². The zero-order valence-electron chi connectivity index (χ0n) is 17.8. The van der Waals surface area contributed by atoms with Crippen LogP contribution in [0.15, 0.2) is 52.4 Å². The van der Waals surface area contributed by atoms with Crippen LogP contribution in [0, 0.1) is 13.8 Å². The Labute approximate surface area is 184 Å². The lowest BCUT2D eigenvalue weighted by Gasteiger charge is -2.18. The van der Waals surface area contributed by atoms with Crippen LogP contribution in [0.5, 0.6) is 0 Å². The molecule has 0 aliphatic rings. The summed E-state index contributed by atoms with van der Waals surface area (Å²) in [6.45, 7) is 5.99. The average molecular weight is 436 g/mol. The number of nitrogens with zero attached hydrogens (tertiary/aromatic N) is 2. The fraction of sp³-hybridized carbons (Fsp3) is 0.292. The number of aromatic nitrogens is 3. The summed E-state index contributed by atoms with van der Waals surface area (Å²) in [5.41, 5.74) is 4.34. The van der Waals surface area contributed by atoms with Crippen molar-refractivity contribution in [3.63, 3.8) is 0 Å². The van der Waals surface area contributed by atoms with Crippen LogP contribution in [0.3, 0.4) is 0 Å². The highest BCUT2D eigenvalue weighted by Crippen LogP contribution is 2.31. The van der Waals surface area contributed by atoms with Crippen LogP contribution in [0.2, 0.25) is 0 Å². The molecule has 0 fully saturated rings. The maximum Gasteiger partial charge on any atom is 0.317 e. The molecule has 0 aliphatic carbocycles. The fourth-order valence-electron chi connectivity index (χ4n) is 3.76. The van der Waals surface area contributed by atoms with Gasteiger partial charge in [0.05, 0.1) is 5.69 Å². The number of aliphatic carboxylic acids is 1. The third-order valence-corrected chi connectivity index (χ3v) is 6.86. The minimum absolute atomic E-state index is 0.225. The van der Waals surface area contributed by atoms with Gasteiger partial charge in [0.15, 0.2) is 5.16 Å². The quantitative estimate of drug-likeness (QED) is 0.307. The van der Waals surface area contributed by atoms with Gasteiger partial charge in [0.1, 0.15) is 16.3 Å². The third-order valence-electron chi connectivity index (χ3n) is 5.65. The number of rotatable bonds is 7. The smallest absolute Gasteiger partial charge is 0.317 e. The van der Waals surface area contributed by atoms with Crippen molar-refractivity contribution in [2.45, 2.75) is 50.4 Å². The van der Waals surface area contributed by atoms with Crippen LogP contribution in [-0.2, 0) is 4.79 Å². The number of carbonyl (C=O) groups is 1. The molecule has 0 saturated carbocycles. The Morgan fingerprint density at radius 2 is 1.97 bits per heavy atom. The SMILES string of the molecule is CCCCC(Sc1nc2c([nH]c3ccccc32)c(=O)n1-c1cccc(C)c1C)C(=O)O. The number of thioether (sulfide) groups is 1. The van der Waals surface area contributed by atoms with E-state index in [1.165, 1.54) is 0 Å². The molecule has 0 aliphatic heterocycles. The number of benzene rings is 2. The van der Waals surface area contributed by atoms with Crippen molar-refractivity contribution in [2.24, 2.45) is 0 Å². The number of fused-ring (bicyclic) bond motifs is 3. The van der Waals surface area contributed by atoms with E-state index in [0.29, 0.717) is 22.6 Å². The van der Waals surface area contributed by atoms with Crippen molar-refractivity contribution in [1.29, 1.82) is 0 Å². The summed E-state index contributed by atoms with van der Waals surface area (Å²) in [4.78, 5) is 33.7. The van der Waals surface area contributed by atoms with E-state index >= 15 is 0 Å². The predicted octanol–water partition coefficient (Wildman–Crippen LogP) is 5.22. The molecule has 0 saturated heterocycles. The number of hydrogen-bond acceptors (Lipinski definition) is 4. The molecule has 2 aromatic carbocycles. The zero-order valence-corrected chi connectivity index (χ0v) is 18.6. The molecule has 7 heteroatoms. The number of carboxylic acids is 1. The first kappa shape index (κ1) is 21.2. The summed E-state index contributed by atoms with van der Waals surface area (Å²) in [5, 5.41) is 10.4. The number of hydrogen-bond donors (Lipinski definition) is 2. The monoisotopic (exact) mass is 435 g/mol. The molecule has 0 amide bonds. The molecule has 2 heterocycles. The molecule has 0 bridgehead atoms. The van der Waals surface area contributed by atoms with E-state index in [1.54, 1.807) is 4.57 Å². The van der Waals surface area contributed by atoms with Crippen molar-refractivity contribution >= 4 is 39.7 Å².